The van der Waals surface area contributed by atoms with Crippen LogP contribution in [-0.2, 0) is 19.1 Å². The van der Waals surface area contributed by atoms with E-state index in [-0.39, 0.29) is 19.0 Å². The number of carbonyl (C=O) groups is 2. The van der Waals surface area contributed by atoms with Gasteiger partial charge in [-0.05, 0) is 0 Å². The summed E-state index contributed by atoms with van der Waals surface area (Å²) in [5.41, 5.74) is 0. The second-order valence-electron chi connectivity index (χ2n) is 1.78. The Labute approximate surface area is 64.8 Å². The number of Topliss-reactive ketones (excluding diaryl/α,β-unsaturated/α-hetero) is 1. The maximum absolute atomic E-state index is 10.6. The van der Waals surface area contributed by atoms with E-state index < -0.39 is 5.97 Å². The molecule has 0 fully saturated rings. The van der Waals surface area contributed by atoms with Crippen molar-refractivity contribution >= 4 is 11.8 Å². The van der Waals surface area contributed by atoms with Gasteiger partial charge in [0.2, 0.25) is 0 Å². The highest BCUT2D eigenvalue weighted by atomic mass is 16.5. The first-order valence-electron chi connectivity index (χ1n) is 3.00. The number of ether oxygens (including phenoxy) is 2. The molecule has 0 spiro atoms. The molecular weight excluding hydrogens is 148 g/mol. The number of hydrogen-bond acceptors (Lipinski definition) is 4. The van der Waals surface area contributed by atoms with Crippen LogP contribution in [-0.4, -0.2) is 32.1 Å². The van der Waals surface area contributed by atoms with Crippen molar-refractivity contribution in [3.05, 3.63) is 12.7 Å². The molecule has 0 aliphatic heterocycles. The number of carbonyl (C=O) groups excluding carboxylic acids is 2. The first-order chi connectivity index (χ1) is 5.20. The Kier molecular flexibility index (Phi) is 5.02. The van der Waals surface area contributed by atoms with Crippen molar-refractivity contribution in [1.82, 2.24) is 0 Å². The van der Waals surface area contributed by atoms with Gasteiger partial charge in [0.1, 0.15) is 6.61 Å². The zero-order valence-electron chi connectivity index (χ0n) is 6.33. The largest absolute Gasteiger partial charge is 0.454 e. The van der Waals surface area contributed by atoms with Crippen LogP contribution in [0.1, 0.15) is 0 Å². The van der Waals surface area contributed by atoms with Crippen molar-refractivity contribution in [1.29, 1.82) is 0 Å². The van der Waals surface area contributed by atoms with E-state index in [0.29, 0.717) is 0 Å². The molecule has 62 valence electrons. The van der Waals surface area contributed by atoms with Crippen LogP contribution in [0.5, 0.6) is 0 Å². The number of rotatable bonds is 5. The van der Waals surface area contributed by atoms with Crippen molar-refractivity contribution in [2.75, 3.05) is 20.3 Å². The average molecular weight is 158 g/mol. The zero-order chi connectivity index (χ0) is 8.69. The molecule has 0 atom stereocenters. The normalized spacial score (nSPS) is 8.82. The van der Waals surface area contributed by atoms with Gasteiger partial charge < -0.3 is 9.47 Å². The predicted molar refractivity (Wildman–Crippen MR) is 38.0 cm³/mol. The van der Waals surface area contributed by atoms with Crippen LogP contribution in [0, 0.1) is 0 Å². The van der Waals surface area contributed by atoms with E-state index in [0.717, 1.165) is 6.08 Å². The Morgan fingerprint density at radius 3 is 2.55 bits per heavy atom. The molecule has 0 bridgehead atoms. The lowest BCUT2D eigenvalue weighted by Gasteiger charge is -1.98. The Hall–Kier alpha value is -1.16. The van der Waals surface area contributed by atoms with E-state index >= 15 is 0 Å². The standard InChI is InChI=1S/C7H10O4/c1-3-7(9)11-5-6(8)4-10-2/h3H,1,4-5H2,2H3. The molecule has 11 heavy (non-hydrogen) atoms. The van der Waals surface area contributed by atoms with Gasteiger partial charge in [-0.1, -0.05) is 6.58 Å². The van der Waals surface area contributed by atoms with Crippen LogP contribution in [0.2, 0.25) is 0 Å². The lowest BCUT2D eigenvalue weighted by Crippen LogP contribution is -2.16. The van der Waals surface area contributed by atoms with Crippen molar-refractivity contribution in [2.45, 2.75) is 0 Å². The Bertz CT molecular complexity index is 162. The summed E-state index contributed by atoms with van der Waals surface area (Å²) in [7, 11) is 1.40. The Morgan fingerprint density at radius 2 is 2.09 bits per heavy atom. The fraction of sp³-hybridized carbons (Fsp3) is 0.429. The van der Waals surface area contributed by atoms with E-state index in [1.165, 1.54) is 7.11 Å². The SMILES string of the molecule is C=CC(=O)OCC(=O)COC. The maximum Gasteiger partial charge on any atom is 0.330 e. The number of ketones is 1. The molecule has 0 rings (SSSR count). The van der Waals surface area contributed by atoms with Crippen LogP contribution in [0.3, 0.4) is 0 Å². The molecule has 0 radical (unpaired) electrons. The first-order valence-corrected chi connectivity index (χ1v) is 3.00. The van der Waals surface area contributed by atoms with Crippen LogP contribution >= 0.6 is 0 Å². The first kappa shape index (κ1) is 9.84. The van der Waals surface area contributed by atoms with Crippen LogP contribution in [0.15, 0.2) is 12.7 Å². The molecular formula is C7H10O4. The summed E-state index contributed by atoms with van der Waals surface area (Å²) in [5, 5.41) is 0. The highest BCUT2D eigenvalue weighted by molar-refractivity contribution is 5.86. The van der Waals surface area contributed by atoms with Gasteiger partial charge in [0.05, 0.1) is 0 Å². The van der Waals surface area contributed by atoms with Crippen molar-refractivity contribution < 1.29 is 19.1 Å². The number of hydrogen-bond donors (Lipinski definition) is 0. The second kappa shape index (κ2) is 5.61. The lowest BCUT2D eigenvalue weighted by atomic mass is 10.4. The summed E-state index contributed by atoms with van der Waals surface area (Å²) in [6.07, 6.45) is 1.00. The topological polar surface area (TPSA) is 52.6 Å². The minimum absolute atomic E-state index is 0.0373. The van der Waals surface area contributed by atoms with Crippen molar-refractivity contribution in [3.63, 3.8) is 0 Å². The van der Waals surface area contributed by atoms with Crippen LogP contribution in [0.4, 0.5) is 0 Å². The van der Waals surface area contributed by atoms with Gasteiger partial charge in [-0.2, -0.15) is 0 Å². The third-order valence-electron chi connectivity index (χ3n) is 0.847. The summed E-state index contributed by atoms with van der Waals surface area (Å²) in [4.78, 5) is 21.0. The van der Waals surface area contributed by atoms with Gasteiger partial charge >= 0.3 is 5.97 Å². The number of esters is 1. The summed E-state index contributed by atoms with van der Waals surface area (Å²) in [6, 6.07) is 0. The third-order valence-corrected chi connectivity index (χ3v) is 0.847. The average Bonchev–Trinajstić information content (AvgIpc) is 2.01. The van der Waals surface area contributed by atoms with Crippen molar-refractivity contribution in [3.8, 4) is 0 Å². The molecule has 0 aliphatic rings. The van der Waals surface area contributed by atoms with Crippen LogP contribution in [0.25, 0.3) is 0 Å². The quantitative estimate of drug-likeness (QED) is 0.415. The minimum Gasteiger partial charge on any atom is -0.454 e. The van der Waals surface area contributed by atoms with E-state index in [4.69, 9.17) is 0 Å². The van der Waals surface area contributed by atoms with Gasteiger partial charge in [0.25, 0.3) is 0 Å². The molecule has 0 saturated carbocycles. The summed E-state index contributed by atoms with van der Waals surface area (Å²) in [6.45, 7) is 2.88. The Morgan fingerprint density at radius 1 is 1.45 bits per heavy atom. The van der Waals surface area contributed by atoms with E-state index in [1.54, 1.807) is 0 Å². The van der Waals surface area contributed by atoms with Crippen LogP contribution < -0.4 is 0 Å². The lowest BCUT2D eigenvalue weighted by molar-refractivity contribution is -0.144. The van der Waals surface area contributed by atoms with Gasteiger partial charge in [0, 0.05) is 13.2 Å². The van der Waals surface area contributed by atoms with E-state index in [9.17, 15) is 9.59 Å². The predicted octanol–water partition coefficient (Wildman–Crippen LogP) is -0.0689. The molecule has 4 nitrogen and oxygen atoms in total. The molecule has 0 unspecified atom stereocenters. The summed E-state index contributed by atoms with van der Waals surface area (Å²) in [5.74, 6) is -0.878. The molecule has 0 aliphatic carbocycles. The zero-order valence-corrected chi connectivity index (χ0v) is 6.33. The van der Waals surface area contributed by atoms with Crippen molar-refractivity contribution in [2.24, 2.45) is 0 Å². The molecule has 0 amide bonds. The van der Waals surface area contributed by atoms with Gasteiger partial charge in [-0.3, -0.25) is 4.79 Å². The third kappa shape index (κ3) is 5.29. The molecule has 0 saturated heterocycles. The Balaban J connectivity index is 3.45. The smallest absolute Gasteiger partial charge is 0.330 e. The summed E-state index contributed by atoms with van der Waals surface area (Å²) >= 11 is 0. The van der Waals surface area contributed by atoms with Gasteiger partial charge in [0.15, 0.2) is 12.4 Å². The van der Waals surface area contributed by atoms with Gasteiger partial charge in [-0.25, -0.2) is 4.79 Å². The fourth-order valence-corrected chi connectivity index (χ4v) is 0.413. The second-order valence-corrected chi connectivity index (χ2v) is 1.78. The van der Waals surface area contributed by atoms with E-state index in [1.807, 2.05) is 0 Å². The molecule has 0 aromatic heterocycles. The monoisotopic (exact) mass is 158 g/mol. The number of methoxy groups -OCH3 is 1. The summed E-state index contributed by atoms with van der Waals surface area (Å²) < 4.78 is 8.92. The fourth-order valence-electron chi connectivity index (χ4n) is 0.413. The molecule has 0 aromatic rings. The highest BCUT2D eigenvalue weighted by Gasteiger charge is 2.02. The molecule has 0 N–H and O–H groups in total. The molecule has 0 heterocycles. The highest BCUT2D eigenvalue weighted by Crippen LogP contribution is 1.81. The van der Waals surface area contributed by atoms with Gasteiger partial charge in [-0.15, -0.1) is 0 Å². The molecule has 0 aromatic carbocycles. The van der Waals surface area contributed by atoms with E-state index in [2.05, 4.69) is 16.1 Å². The minimum atomic E-state index is -0.602. The molecule has 4 heteroatoms. The maximum atomic E-state index is 10.6.